The van der Waals surface area contributed by atoms with Crippen LogP contribution in [-0.4, -0.2) is 22.9 Å². The van der Waals surface area contributed by atoms with Gasteiger partial charge in [-0.1, -0.05) is 0 Å². The molecule has 1 heterocycles. The first-order chi connectivity index (χ1) is 10.0. The number of hydrogen-bond acceptors (Lipinski definition) is 4. The quantitative estimate of drug-likeness (QED) is 0.860. The van der Waals surface area contributed by atoms with E-state index in [1.54, 1.807) is 6.20 Å². The van der Waals surface area contributed by atoms with Gasteiger partial charge >= 0.3 is 5.97 Å². The Balaban J connectivity index is 2.09. The van der Waals surface area contributed by atoms with Crippen LogP contribution in [0.4, 0.5) is 10.1 Å². The summed E-state index contributed by atoms with van der Waals surface area (Å²) in [5.74, 6) is -0.912. The Bertz CT molecular complexity index is 638. The number of carbonyl (C=O) groups excluding carboxylic acids is 1. The number of methoxy groups -OCH3 is 1. The number of benzene rings is 1. The lowest BCUT2D eigenvalue weighted by molar-refractivity contribution is 0.0600. The van der Waals surface area contributed by atoms with E-state index in [1.807, 2.05) is 24.7 Å². The Hall–Kier alpha value is -2.37. The lowest BCUT2D eigenvalue weighted by Crippen LogP contribution is -2.05. The van der Waals surface area contributed by atoms with E-state index >= 15 is 0 Å². The van der Waals surface area contributed by atoms with E-state index in [-0.39, 0.29) is 11.7 Å². The van der Waals surface area contributed by atoms with Crippen molar-refractivity contribution in [1.29, 1.82) is 0 Å². The molecule has 2 aromatic rings. The highest BCUT2D eigenvalue weighted by molar-refractivity contribution is 5.90. The normalized spacial score (nSPS) is 10.7. The van der Waals surface area contributed by atoms with Gasteiger partial charge in [0.05, 0.1) is 24.6 Å². The van der Waals surface area contributed by atoms with Gasteiger partial charge in [0.15, 0.2) is 0 Å². The van der Waals surface area contributed by atoms with Crippen molar-refractivity contribution in [3.05, 3.63) is 47.5 Å². The minimum absolute atomic E-state index is 0.259. The molecule has 1 aromatic heterocycles. The number of hydrogen-bond donors (Lipinski definition) is 1. The number of aromatic nitrogens is 2. The largest absolute Gasteiger partial charge is 0.465 e. The van der Waals surface area contributed by atoms with Gasteiger partial charge in [0.25, 0.3) is 0 Å². The van der Waals surface area contributed by atoms with Crippen LogP contribution in [0.2, 0.25) is 0 Å². The third-order valence-corrected chi connectivity index (χ3v) is 3.05. The molecule has 0 spiro atoms. The second kappa shape index (κ2) is 6.39. The van der Waals surface area contributed by atoms with Crippen LogP contribution in [0, 0.1) is 5.82 Å². The molecule has 0 unspecified atom stereocenters. The highest BCUT2D eigenvalue weighted by atomic mass is 19.1. The average Bonchev–Trinajstić information content (AvgIpc) is 2.94. The predicted molar refractivity (Wildman–Crippen MR) is 77.7 cm³/mol. The Labute approximate surface area is 122 Å². The van der Waals surface area contributed by atoms with Crippen molar-refractivity contribution >= 4 is 11.7 Å². The Morgan fingerprint density at radius 2 is 2.24 bits per heavy atom. The number of esters is 1. The molecule has 112 valence electrons. The fraction of sp³-hybridized carbons (Fsp3) is 0.333. The van der Waals surface area contributed by atoms with Crippen molar-refractivity contribution in [2.45, 2.75) is 26.4 Å². The van der Waals surface area contributed by atoms with Crippen LogP contribution in [0.1, 0.15) is 35.8 Å². The molecule has 2 rings (SSSR count). The van der Waals surface area contributed by atoms with E-state index in [9.17, 15) is 9.18 Å². The van der Waals surface area contributed by atoms with E-state index in [2.05, 4.69) is 15.2 Å². The first-order valence-corrected chi connectivity index (χ1v) is 6.66. The van der Waals surface area contributed by atoms with Gasteiger partial charge in [-0.05, 0) is 32.0 Å². The molecule has 0 radical (unpaired) electrons. The van der Waals surface area contributed by atoms with Gasteiger partial charge in [-0.25, -0.2) is 9.18 Å². The van der Waals surface area contributed by atoms with Crippen molar-refractivity contribution in [3.8, 4) is 0 Å². The van der Waals surface area contributed by atoms with Crippen molar-refractivity contribution < 1.29 is 13.9 Å². The maximum absolute atomic E-state index is 13.7. The SMILES string of the molecule is COC(=O)c1ccc(F)c(NCc2cnn(C(C)C)c2)c1. The summed E-state index contributed by atoms with van der Waals surface area (Å²) in [6.07, 6.45) is 3.63. The Morgan fingerprint density at radius 3 is 2.86 bits per heavy atom. The van der Waals surface area contributed by atoms with Crippen LogP contribution in [0.5, 0.6) is 0 Å². The highest BCUT2D eigenvalue weighted by Crippen LogP contribution is 2.18. The summed E-state index contributed by atoms with van der Waals surface area (Å²) in [5, 5.41) is 7.18. The average molecular weight is 291 g/mol. The van der Waals surface area contributed by atoms with Crippen LogP contribution < -0.4 is 5.32 Å². The van der Waals surface area contributed by atoms with E-state index in [1.165, 1.54) is 25.3 Å². The molecule has 21 heavy (non-hydrogen) atoms. The fourth-order valence-corrected chi connectivity index (χ4v) is 1.85. The molecule has 6 heteroatoms. The molecule has 5 nitrogen and oxygen atoms in total. The minimum Gasteiger partial charge on any atom is -0.465 e. The van der Waals surface area contributed by atoms with Gasteiger partial charge in [-0.3, -0.25) is 4.68 Å². The van der Waals surface area contributed by atoms with Crippen LogP contribution >= 0.6 is 0 Å². The van der Waals surface area contributed by atoms with E-state index in [0.29, 0.717) is 12.1 Å². The standard InChI is InChI=1S/C15H18FN3O2/c1-10(2)19-9-11(8-18-19)7-17-14-6-12(15(20)21-3)4-5-13(14)16/h4-6,8-10,17H,7H2,1-3H3. The summed E-state index contributed by atoms with van der Waals surface area (Å²) in [4.78, 5) is 11.4. The number of ether oxygens (including phenoxy) is 1. The molecular formula is C15H18FN3O2. The number of halogens is 1. The molecule has 0 aliphatic heterocycles. The first-order valence-electron chi connectivity index (χ1n) is 6.66. The lowest BCUT2D eigenvalue weighted by atomic mass is 10.2. The smallest absolute Gasteiger partial charge is 0.337 e. The number of anilines is 1. The van der Waals surface area contributed by atoms with Crippen molar-refractivity contribution in [2.75, 3.05) is 12.4 Å². The zero-order valence-corrected chi connectivity index (χ0v) is 12.3. The van der Waals surface area contributed by atoms with Gasteiger partial charge in [0.2, 0.25) is 0 Å². The fourth-order valence-electron chi connectivity index (χ4n) is 1.85. The predicted octanol–water partition coefficient (Wildman–Crippen LogP) is 3.00. The summed E-state index contributed by atoms with van der Waals surface area (Å²) in [6.45, 7) is 4.49. The molecule has 0 atom stereocenters. The molecule has 1 aromatic carbocycles. The van der Waals surface area contributed by atoms with Gasteiger partial charge in [-0.15, -0.1) is 0 Å². The van der Waals surface area contributed by atoms with Gasteiger partial charge in [-0.2, -0.15) is 5.10 Å². The molecule has 0 fully saturated rings. The van der Waals surface area contributed by atoms with Crippen LogP contribution in [0.25, 0.3) is 0 Å². The first kappa shape index (κ1) is 15.0. The van der Waals surface area contributed by atoms with Gasteiger partial charge in [0, 0.05) is 24.3 Å². The Morgan fingerprint density at radius 1 is 1.48 bits per heavy atom. The van der Waals surface area contributed by atoms with Crippen molar-refractivity contribution in [3.63, 3.8) is 0 Å². The maximum Gasteiger partial charge on any atom is 0.337 e. The zero-order valence-electron chi connectivity index (χ0n) is 12.3. The van der Waals surface area contributed by atoms with Crippen LogP contribution in [-0.2, 0) is 11.3 Å². The van der Waals surface area contributed by atoms with Crippen LogP contribution in [0.3, 0.4) is 0 Å². The minimum atomic E-state index is -0.495. The van der Waals surface area contributed by atoms with Crippen LogP contribution in [0.15, 0.2) is 30.6 Å². The molecule has 0 aliphatic carbocycles. The number of rotatable bonds is 5. The third-order valence-electron chi connectivity index (χ3n) is 3.05. The van der Waals surface area contributed by atoms with E-state index < -0.39 is 11.8 Å². The molecule has 0 aliphatic rings. The summed E-state index contributed by atoms with van der Waals surface area (Å²) in [5.41, 5.74) is 1.50. The summed E-state index contributed by atoms with van der Waals surface area (Å²) in [7, 11) is 1.29. The van der Waals surface area contributed by atoms with E-state index in [0.717, 1.165) is 5.56 Å². The van der Waals surface area contributed by atoms with Crippen molar-refractivity contribution in [1.82, 2.24) is 9.78 Å². The summed E-state index contributed by atoms with van der Waals surface area (Å²) in [6, 6.07) is 4.35. The van der Waals surface area contributed by atoms with Gasteiger partial charge in [0.1, 0.15) is 5.82 Å². The third kappa shape index (κ3) is 3.59. The molecule has 0 saturated carbocycles. The van der Waals surface area contributed by atoms with E-state index in [4.69, 9.17) is 0 Å². The number of carbonyl (C=O) groups is 1. The lowest BCUT2D eigenvalue weighted by Gasteiger charge is -2.08. The van der Waals surface area contributed by atoms with Gasteiger partial charge < -0.3 is 10.1 Å². The maximum atomic E-state index is 13.7. The summed E-state index contributed by atoms with van der Waals surface area (Å²) < 4.78 is 20.2. The molecule has 0 saturated heterocycles. The second-order valence-electron chi connectivity index (χ2n) is 4.96. The monoisotopic (exact) mass is 291 g/mol. The zero-order chi connectivity index (χ0) is 15.4. The highest BCUT2D eigenvalue weighted by Gasteiger charge is 2.10. The molecular weight excluding hydrogens is 273 g/mol. The topological polar surface area (TPSA) is 56.1 Å². The second-order valence-corrected chi connectivity index (χ2v) is 4.96. The Kier molecular flexibility index (Phi) is 4.57. The summed E-state index contributed by atoms with van der Waals surface area (Å²) >= 11 is 0. The number of nitrogens with zero attached hydrogens (tertiary/aromatic N) is 2. The molecule has 0 amide bonds. The number of nitrogens with one attached hydrogen (secondary N) is 1. The molecule has 1 N–H and O–H groups in total. The van der Waals surface area contributed by atoms with Crippen molar-refractivity contribution in [2.24, 2.45) is 0 Å². The molecule has 0 bridgehead atoms.